The van der Waals surface area contributed by atoms with Crippen LogP contribution in [0.25, 0.3) is 0 Å². The molecule has 0 aliphatic carbocycles. The third-order valence-corrected chi connectivity index (χ3v) is 4.29. The lowest BCUT2D eigenvalue weighted by molar-refractivity contribution is -0.118. The number of thioether (sulfide) groups is 1. The van der Waals surface area contributed by atoms with Gasteiger partial charge < -0.3 is 5.32 Å². The number of carbonyl (C=O) groups excluding carboxylic acids is 1. The highest BCUT2D eigenvalue weighted by molar-refractivity contribution is 8.01. The number of nitrogens with one attached hydrogen (secondary N) is 1. The molecule has 1 amide bonds. The highest BCUT2D eigenvalue weighted by Crippen LogP contribution is 2.38. The molecule has 0 spiro atoms. The number of rotatable bonds is 2. The number of carbonyl (C=O) groups is 1. The van der Waals surface area contributed by atoms with Crippen LogP contribution < -0.4 is 5.32 Å². The predicted octanol–water partition coefficient (Wildman–Crippen LogP) is 2.35. The van der Waals surface area contributed by atoms with Gasteiger partial charge in [0.05, 0.1) is 4.75 Å². The fraction of sp³-hybridized carbons (Fsp3) is 0.500. The average molecular weight is 258 g/mol. The monoisotopic (exact) mass is 257 g/mol. The highest BCUT2D eigenvalue weighted by Gasteiger charge is 2.37. The number of halogens is 1. The van der Waals surface area contributed by atoms with Crippen LogP contribution in [-0.2, 0) is 4.79 Å². The molecule has 1 saturated heterocycles. The van der Waals surface area contributed by atoms with Gasteiger partial charge in [-0.15, -0.1) is 22.0 Å². The second-order valence-electron chi connectivity index (χ2n) is 3.88. The summed E-state index contributed by atoms with van der Waals surface area (Å²) in [7, 11) is 0. The maximum absolute atomic E-state index is 12.0. The summed E-state index contributed by atoms with van der Waals surface area (Å²) in [4.78, 5) is 12.0. The predicted molar refractivity (Wildman–Crippen MR) is 65.8 cm³/mol. The Bertz CT molecular complexity index is 390. The smallest absolute Gasteiger partial charge is 0.241 e. The molecule has 1 unspecified atom stereocenters. The summed E-state index contributed by atoms with van der Waals surface area (Å²) < 4.78 is -0.332. The lowest BCUT2D eigenvalue weighted by atomic mass is 10.1. The van der Waals surface area contributed by atoms with Gasteiger partial charge in [-0.3, -0.25) is 4.79 Å². The molecule has 1 aliphatic heterocycles. The van der Waals surface area contributed by atoms with Crippen LogP contribution in [0.15, 0.2) is 12.1 Å². The molecule has 4 nitrogen and oxygen atoms in total. The van der Waals surface area contributed by atoms with E-state index in [1.54, 1.807) is 23.9 Å². The van der Waals surface area contributed by atoms with Gasteiger partial charge >= 0.3 is 0 Å². The molecule has 0 saturated carbocycles. The maximum Gasteiger partial charge on any atom is 0.241 e. The van der Waals surface area contributed by atoms with Crippen LogP contribution in [0.1, 0.15) is 19.8 Å². The van der Waals surface area contributed by atoms with Crippen LogP contribution >= 0.6 is 23.4 Å². The molecule has 1 atom stereocenters. The lowest BCUT2D eigenvalue weighted by Gasteiger charge is -2.20. The molecule has 1 N–H and O–H groups in total. The largest absolute Gasteiger partial charge is 0.308 e. The molecule has 1 aromatic heterocycles. The van der Waals surface area contributed by atoms with Crippen molar-refractivity contribution in [3.05, 3.63) is 17.3 Å². The SMILES string of the molecule is CC1(C(=O)Nc2ccc(Cl)nn2)CCCS1. The molecule has 1 fully saturated rings. The Morgan fingerprint density at radius 2 is 2.38 bits per heavy atom. The molecule has 1 aliphatic rings. The normalized spacial score (nSPS) is 24.4. The van der Waals surface area contributed by atoms with Crippen LogP contribution in [0.4, 0.5) is 5.82 Å². The molecule has 16 heavy (non-hydrogen) atoms. The van der Waals surface area contributed by atoms with Crippen LogP contribution in [-0.4, -0.2) is 26.6 Å². The third-order valence-electron chi connectivity index (χ3n) is 2.57. The Balaban J connectivity index is 2.04. The summed E-state index contributed by atoms with van der Waals surface area (Å²) in [5, 5.41) is 10.6. The second-order valence-corrected chi connectivity index (χ2v) is 5.86. The first-order valence-corrected chi connectivity index (χ1v) is 6.41. The van der Waals surface area contributed by atoms with E-state index >= 15 is 0 Å². The van der Waals surface area contributed by atoms with Crippen molar-refractivity contribution in [2.24, 2.45) is 0 Å². The molecule has 1 aromatic rings. The standard InChI is InChI=1S/C10H12ClN3OS/c1-10(5-2-6-16-10)9(15)12-8-4-3-7(11)13-14-8/h3-4H,2,5-6H2,1H3,(H,12,14,15). The van der Waals surface area contributed by atoms with E-state index < -0.39 is 0 Å². The summed E-state index contributed by atoms with van der Waals surface area (Å²) in [6, 6.07) is 3.25. The Morgan fingerprint density at radius 1 is 1.56 bits per heavy atom. The van der Waals surface area contributed by atoms with Crippen molar-refractivity contribution < 1.29 is 4.79 Å². The van der Waals surface area contributed by atoms with Gasteiger partial charge in [-0.1, -0.05) is 11.6 Å². The number of amides is 1. The third kappa shape index (κ3) is 2.47. The van der Waals surface area contributed by atoms with E-state index in [9.17, 15) is 4.79 Å². The lowest BCUT2D eigenvalue weighted by Crippen LogP contribution is -2.34. The Morgan fingerprint density at radius 3 is 2.94 bits per heavy atom. The zero-order valence-corrected chi connectivity index (χ0v) is 10.4. The van der Waals surface area contributed by atoms with Gasteiger partial charge in [0.25, 0.3) is 0 Å². The van der Waals surface area contributed by atoms with Gasteiger partial charge in [-0.2, -0.15) is 0 Å². The minimum atomic E-state index is -0.332. The van der Waals surface area contributed by atoms with Crippen molar-refractivity contribution in [2.45, 2.75) is 24.5 Å². The van der Waals surface area contributed by atoms with E-state index in [4.69, 9.17) is 11.6 Å². The van der Waals surface area contributed by atoms with Crippen molar-refractivity contribution in [3.8, 4) is 0 Å². The van der Waals surface area contributed by atoms with E-state index in [1.165, 1.54) is 0 Å². The van der Waals surface area contributed by atoms with E-state index in [-0.39, 0.29) is 10.7 Å². The van der Waals surface area contributed by atoms with E-state index in [2.05, 4.69) is 15.5 Å². The van der Waals surface area contributed by atoms with Crippen molar-refractivity contribution in [2.75, 3.05) is 11.1 Å². The van der Waals surface area contributed by atoms with Crippen LogP contribution in [0.5, 0.6) is 0 Å². The Kier molecular flexibility index (Phi) is 3.35. The highest BCUT2D eigenvalue weighted by atomic mass is 35.5. The minimum Gasteiger partial charge on any atom is -0.308 e. The zero-order valence-electron chi connectivity index (χ0n) is 8.86. The Hall–Kier alpha value is -0.810. The molecular formula is C10H12ClN3OS. The first-order chi connectivity index (χ1) is 7.60. The van der Waals surface area contributed by atoms with Crippen molar-refractivity contribution in [1.29, 1.82) is 0 Å². The number of hydrogen-bond donors (Lipinski definition) is 1. The summed E-state index contributed by atoms with van der Waals surface area (Å²) >= 11 is 7.30. The van der Waals surface area contributed by atoms with E-state index in [0.29, 0.717) is 11.0 Å². The molecule has 0 radical (unpaired) electrons. The molecular weight excluding hydrogens is 246 g/mol. The van der Waals surface area contributed by atoms with Crippen LogP contribution in [0.2, 0.25) is 5.15 Å². The molecule has 6 heteroatoms. The van der Waals surface area contributed by atoms with Crippen LogP contribution in [0.3, 0.4) is 0 Å². The summed E-state index contributed by atoms with van der Waals surface area (Å²) in [6.07, 6.45) is 1.99. The average Bonchev–Trinajstić information content (AvgIpc) is 2.70. The minimum absolute atomic E-state index is 0.00776. The first-order valence-electron chi connectivity index (χ1n) is 5.05. The van der Waals surface area contributed by atoms with Gasteiger partial charge in [0.1, 0.15) is 0 Å². The maximum atomic E-state index is 12.0. The number of anilines is 1. The fourth-order valence-corrected chi connectivity index (χ4v) is 2.90. The molecule has 86 valence electrons. The van der Waals surface area contributed by atoms with Crippen molar-refractivity contribution in [1.82, 2.24) is 10.2 Å². The molecule has 2 heterocycles. The quantitative estimate of drug-likeness (QED) is 0.884. The van der Waals surface area contributed by atoms with Gasteiger partial charge in [0.2, 0.25) is 5.91 Å². The van der Waals surface area contributed by atoms with E-state index in [1.807, 2.05) is 6.92 Å². The molecule has 0 aromatic carbocycles. The van der Waals surface area contributed by atoms with Gasteiger partial charge in [0, 0.05) is 0 Å². The molecule has 2 rings (SSSR count). The second kappa shape index (κ2) is 4.59. The van der Waals surface area contributed by atoms with Crippen molar-refractivity contribution >= 4 is 35.1 Å². The Labute approximate surface area is 103 Å². The van der Waals surface area contributed by atoms with Gasteiger partial charge in [-0.25, -0.2) is 0 Å². The summed E-state index contributed by atoms with van der Waals surface area (Å²) in [5.41, 5.74) is 0. The number of hydrogen-bond acceptors (Lipinski definition) is 4. The summed E-state index contributed by atoms with van der Waals surface area (Å²) in [6.45, 7) is 1.96. The van der Waals surface area contributed by atoms with E-state index in [0.717, 1.165) is 18.6 Å². The van der Waals surface area contributed by atoms with Gasteiger partial charge in [0.15, 0.2) is 11.0 Å². The number of aromatic nitrogens is 2. The topological polar surface area (TPSA) is 54.9 Å². The fourth-order valence-electron chi connectivity index (χ4n) is 1.59. The van der Waals surface area contributed by atoms with Crippen LogP contribution in [0, 0.1) is 0 Å². The molecule has 0 bridgehead atoms. The summed E-state index contributed by atoms with van der Waals surface area (Å²) in [5.74, 6) is 1.48. The number of nitrogens with zero attached hydrogens (tertiary/aromatic N) is 2. The van der Waals surface area contributed by atoms with Crippen molar-refractivity contribution in [3.63, 3.8) is 0 Å². The zero-order chi connectivity index (χ0) is 11.6. The first kappa shape index (κ1) is 11.7. The van der Waals surface area contributed by atoms with Gasteiger partial charge in [-0.05, 0) is 37.7 Å².